The summed E-state index contributed by atoms with van der Waals surface area (Å²) in [6.07, 6.45) is 0. The Hall–Kier alpha value is -3.29. The first-order valence-electron chi connectivity index (χ1n) is 9.01. The lowest BCUT2D eigenvalue weighted by Gasteiger charge is -2.13. The molecule has 2 heterocycles. The number of hydrogen-bond acceptors (Lipinski definition) is 5. The molecule has 8 nitrogen and oxygen atoms in total. The van der Waals surface area contributed by atoms with Gasteiger partial charge < -0.3 is 14.8 Å². The third-order valence-electron chi connectivity index (χ3n) is 4.64. The van der Waals surface area contributed by atoms with Crippen LogP contribution >= 0.6 is 0 Å². The molecule has 2 aromatic heterocycles. The Labute approximate surface area is 163 Å². The van der Waals surface area contributed by atoms with E-state index in [4.69, 9.17) is 9.47 Å². The molecule has 0 aliphatic carbocycles. The van der Waals surface area contributed by atoms with Gasteiger partial charge in [-0.2, -0.15) is 10.2 Å². The van der Waals surface area contributed by atoms with Gasteiger partial charge in [-0.25, -0.2) is 0 Å². The van der Waals surface area contributed by atoms with E-state index in [-0.39, 0.29) is 18.6 Å². The van der Waals surface area contributed by atoms with Crippen molar-refractivity contribution in [3.8, 4) is 11.5 Å². The standard InChI is InChI=1S/C20H25N5O3/c1-12(19-13(2)24-25(4)14(19)3)21-20(26)18-9-15(22-23-18)11-28-17-8-6-7-16(10-17)27-5/h6-10,12H,11H2,1-5H3,(H,21,26)(H,22,23)/t12-/m1/s1. The maximum absolute atomic E-state index is 12.6. The Bertz CT molecular complexity index is 976. The predicted molar refractivity (Wildman–Crippen MR) is 104 cm³/mol. The highest BCUT2D eigenvalue weighted by atomic mass is 16.5. The minimum absolute atomic E-state index is 0.172. The molecule has 1 amide bonds. The Morgan fingerprint density at radius 2 is 2.04 bits per heavy atom. The van der Waals surface area contributed by atoms with Gasteiger partial charge in [-0.05, 0) is 39.0 Å². The molecule has 28 heavy (non-hydrogen) atoms. The number of H-pyrrole nitrogens is 1. The number of nitrogens with one attached hydrogen (secondary N) is 2. The smallest absolute Gasteiger partial charge is 0.272 e. The largest absolute Gasteiger partial charge is 0.497 e. The molecule has 0 spiro atoms. The van der Waals surface area contributed by atoms with Crippen LogP contribution in [0.2, 0.25) is 0 Å². The van der Waals surface area contributed by atoms with Crippen molar-refractivity contribution in [1.82, 2.24) is 25.3 Å². The molecule has 0 radical (unpaired) electrons. The molecule has 8 heteroatoms. The second-order valence-electron chi connectivity index (χ2n) is 6.65. The summed E-state index contributed by atoms with van der Waals surface area (Å²) in [4.78, 5) is 12.6. The van der Waals surface area contributed by atoms with Crippen LogP contribution in [-0.2, 0) is 13.7 Å². The fraction of sp³-hybridized carbons (Fsp3) is 0.350. The van der Waals surface area contributed by atoms with Crippen LogP contribution in [-0.4, -0.2) is 33.0 Å². The Morgan fingerprint density at radius 1 is 1.29 bits per heavy atom. The molecule has 0 bridgehead atoms. The fourth-order valence-corrected chi connectivity index (χ4v) is 3.16. The summed E-state index contributed by atoms with van der Waals surface area (Å²) < 4.78 is 12.7. The predicted octanol–water partition coefficient (Wildman–Crippen LogP) is 2.84. The van der Waals surface area contributed by atoms with Gasteiger partial charge in [0.1, 0.15) is 23.8 Å². The molecule has 148 valence electrons. The van der Waals surface area contributed by atoms with Gasteiger partial charge >= 0.3 is 0 Å². The van der Waals surface area contributed by atoms with Gasteiger partial charge in [-0.15, -0.1) is 0 Å². The number of methoxy groups -OCH3 is 1. The Morgan fingerprint density at radius 3 is 2.71 bits per heavy atom. The summed E-state index contributed by atoms with van der Waals surface area (Å²) in [5.74, 6) is 1.15. The molecule has 0 unspecified atom stereocenters. The van der Waals surface area contributed by atoms with E-state index < -0.39 is 0 Å². The molecule has 3 aromatic rings. The average molecular weight is 383 g/mol. The first-order chi connectivity index (χ1) is 13.4. The van der Waals surface area contributed by atoms with Crippen LogP contribution in [0.4, 0.5) is 0 Å². The summed E-state index contributed by atoms with van der Waals surface area (Å²) in [6, 6.07) is 8.85. The second-order valence-corrected chi connectivity index (χ2v) is 6.65. The first kappa shape index (κ1) is 19.5. The van der Waals surface area contributed by atoms with Gasteiger partial charge in [0, 0.05) is 24.4 Å². The van der Waals surface area contributed by atoms with E-state index in [1.807, 2.05) is 50.7 Å². The normalized spacial score (nSPS) is 11.9. The lowest BCUT2D eigenvalue weighted by molar-refractivity contribution is 0.0934. The number of rotatable bonds is 7. The number of hydrogen-bond donors (Lipinski definition) is 2. The third kappa shape index (κ3) is 4.16. The van der Waals surface area contributed by atoms with Gasteiger partial charge in [0.05, 0.1) is 24.5 Å². The number of aromatic amines is 1. The van der Waals surface area contributed by atoms with Crippen LogP contribution in [0.25, 0.3) is 0 Å². The minimum Gasteiger partial charge on any atom is -0.497 e. The Kier molecular flexibility index (Phi) is 5.67. The van der Waals surface area contributed by atoms with Crippen molar-refractivity contribution < 1.29 is 14.3 Å². The summed E-state index contributed by atoms with van der Waals surface area (Å²) >= 11 is 0. The third-order valence-corrected chi connectivity index (χ3v) is 4.64. The quantitative estimate of drug-likeness (QED) is 0.654. The summed E-state index contributed by atoms with van der Waals surface area (Å²) in [5, 5.41) is 14.3. The monoisotopic (exact) mass is 383 g/mol. The molecule has 0 saturated heterocycles. The molecule has 2 N–H and O–H groups in total. The average Bonchev–Trinajstić information content (AvgIpc) is 3.24. The highest BCUT2D eigenvalue weighted by molar-refractivity contribution is 5.92. The number of aryl methyl sites for hydroxylation is 2. The van der Waals surface area contributed by atoms with E-state index >= 15 is 0 Å². The second kappa shape index (κ2) is 8.16. The number of aromatic nitrogens is 4. The van der Waals surface area contributed by atoms with E-state index in [1.165, 1.54) is 0 Å². The number of nitrogens with zero attached hydrogens (tertiary/aromatic N) is 3. The van der Waals surface area contributed by atoms with Crippen LogP contribution in [0.3, 0.4) is 0 Å². The van der Waals surface area contributed by atoms with Gasteiger partial charge in [0.15, 0.2) is 0 Å². The summed E-state index contributed by atoms with van der Waals surface area (Å²) in [5.41, 5.74) is 3.97. The molecular weight excluding hydrogens is 358 g/mol. The molecular formula is C20H25N5O3. The molecule has 1 aromatic carbocycles. The fourth-order valence-electron chi connectivity index (χ4n) is 3.16. The van der Waals surface area contributed by atoms with E-state index in [0.717, 1.165) is 22.7 Å². The highest BCUT2D eigenvalue weighted by Crippen LogP contribution is 2.22. The van der Waals surface area contributed by atoms with Crippen molar-refractivity contribution in [3.05, 3.63) is 58.7 Å². The van der Waals surface area contributed by atoms with Crippen molar-refractivity contribution in [3.63, 3.8) is 0 Å². The number of carbonyl (C=O) groups excluding carboxylic acids is 1. The van der Waals surface area contributed by atoms with Crippen LogP contribution in [0.5, 0.6) is 11.5 Å². The van der Waals surface area contributed by atoms with Crippen molar-refractivity contribution in [2.75, 3.05) is 7.11 Å². The zero-order chi connectivity index (χ0) is 20.3. The molecule has 3 rings (SSSR count). The zero-order valence-electron chi connectivity index (χ0n) is 16.7. The molecule has 0 aliphatic rings. The van der Waals surface area contributed by atoms with Crippen LogP contribution in [0.1, 0.15) is 46.1 Å². The minimum atomic E-state index is -0.251. The highest BCUT2D eigenvalue weighted by Gasteiger charge is 2.20. The molecule has 1 atom stereocenters. The van der Waals surface area contributed by atoms with E-state index in [9.17, 15) is 4.79 Å². The molecule has 0 saturated carbocycles. The van der Waals surface area contributed by atoms with E-state index in [2.05, 4.69) is 20.6 Å². The van der Waals surface area contributed by atoms with Crippen molar-refractivity contribution >= 4 is 5.91 Å². The zero-order valence-corrected chi connectivity index (χ0v) is 16.7. The van der Waals surface area contributed by atoms with Crippen molar-refractivity contribution in [2.45, 2.75) is 33.4 Å². The Balaban J connectivity index is 1.62. The lowest BCUT2D eigenvalue weighted by atomic mass is 10.1. The van der Waals surface area contributed by atoms with Gasteiger partial charge in [-0.3, -0.25) is 14.6 Å². The summed E-state index contributed by atoms with van der Waals surface area (Å²) in [7, 11) is 3.50. The van der Waals surface area contributed by atoms with E-state index in [1.54, 1.807) is 19.2 Å². The number of amides is 1. The van der Waals surface area contributed by atoms with Crippen molar-refractivity contribution in [2.24, 2.45) is 7.05 Å². The molecule has 0 aliphatic heterocycles. The van der Waals surface area contributed by atoms with Crippen LogP contribution in [0.15, 0.2) is 30.3 Å². The first-order valence-corrected chi connectivity index (χ1v) is 9.01. The van der Waals surface area contributed by atoms with Crippen LogP contribution < -0.4 is 14.8 Å². The maximum Gasteiger partial charge on any atom is 0.272 e. The van der Waals surface area contributed by atoms with Crippen LogP contribution in [0, 0.1) is 13.8 Å². The maximum atomic E-state index is 12.6. The number of benzene rings is 1. The lowest BCUT2D eigenvalue weighted by Crippen LogP contribution is -2.27. The number of ether oxygens (including phenoxy) is 2. The molecule has 0 fully saturated rings. The van der Waals surface area contributed by atoms with Gasteiger partial charge in [-0.1, -0.05) is 6.07 Å². The van der Waals surface area contributed by atoms with Gasteiger partial charge in [0.25, 0.3) is 5.91 Å². The van der Waals surface area contributed by atoms with Gasteiger partial charge in [0.2, 0.25) is 0 Å². The SMILES string of the molecule is COc1cccc(OCc2cc(C(=O)N[C@H](C)c3c(C)nn(C)c3C)n[nH]2)c1. The number of carbonyl (C=O) groups is 1. The van der Waals surface area contributed by atoms with Crippen molar-refractivity contribution in [1.29, 1.82) is 0 Å². The topological polar surface area (TPSA) is 94.1 Å². The van der Waals surface area contributed by atoms with E-state index in [0.29, 0.717) is 17.1 Å². The summed E-state index contributed by atoms with van der Waals surface area (Å²) in [6.45, 7) is 6.13.